The highest BCUT2D eigenvalue weighted by atomic mass is 19.1. The Bertz CT molecular complexity index is 154. The molecule has 11 heavy (non-hydrogen) atoms. The molecule has 0 aliphatic rings. The lowest BCUT2D eigenvalue weighted by Gasteiger charge is -2.17. The van der Waals surface area contributed by atoms with Gasteiger partial charge in [0.15, 0.2) is 0 Å². The molecule has 0 aromatic heterocycles. The van der Waals surface area contributed by atoms with E-state index in [1.807, 2.05) is 0 Å². The summed E-state index contributed by atoms with van der Waals surface area (Å²) >= 11 is 0. The Morgan fingerprint density at radius 2 is 2.09 bits per heavy atom. The Balaban J connectivity index is 4.25. The van der Waals surface area contributed by atoms with Gasteiger partial charge in [-0.05, 0) is 5.92 Å². The number of hydrogen-bond donors (Lipinski definition) is 1. The van der Waals surface area contributed by atoms with E-state index in [0.717, 1.165) is 0 Å². The summed E-state index contributed by atoms with van der Waals surface area (Å²) < 4.78 is 12.8. The molecule has 0 fully saturated rings. The van der Waals surface area contributed by atoms with Crippen molar-refractivity contribution in [1.29, 1.82) is 0 Å². The van der Waals surface area contributed by atoms with Gasteiger partial charge in [0.2, 0.25) is 6.17 Å². The molecular weight excluding hydrogens is 147 g/mol. The molecule has 2 nitrogen and oxygen atoms in total. The van der Waals surface area contributed by atoms with Crippen molar-refractivity contribution in [2.45, 2.75) is 20.0 Å². The lowest BCUT2D eigenvalue weighted by Crippen LogP contribution is -2.27. The minimum absolute atomic E-state index is 0.0291. The Hall–Kier alpha value is -0.860. The summed E-state index contributed by atoms with van der Waals surface area (Å²) in [6.45, 7) is 6.91. The van der Waals surface area contributed by atoms with Crippen molar-refractivity contribution in [3.05, 3.63) is 12.7 Å². The number of carboxylic acid groups (broad SMARTS) is 1. The van der Waals surface area contributed by atoms with Crippen molar-refractivity contribution < 1.29 is 14.3 Å². The van der Waals surface area contributed by atoms with Crippen LogP contribution in [0, 0.1) is 11.8 Å². The van der Waals surface area contributed by atoms with Crippen LogP contribution < -0.4 is 0 Å². The van der Waals surface area contributed by atoms with Crippen molar-refractivity contribution in [2.24, 2.45) is 11.8 Å². The van der Waals surface area contributed by atoms with Gasteiger partial charge in [0.1, 0.15) is 0 Å². The summed E-state index contributed by atoms with van der Waals surface area (Å²) in [7, 11) is 0. The predicted molar refractivity (Wildman–Crippen MR) is 41.1 cm³/mol. The highest BCUT2D eigenvalue weighted by Gasteiger charge is 2.27. The van der Waals surface area contributed by atoms with Crippen LogP contribution in [0.5, 0.6) is 0 Å². The Morgan fingerprint density at radius 3 is 2.18 bits per heavy atom. The quantitative estimate of drug-likeness (QED) is 0.637. The third-order valence-electron chi connectivity index (χ3n) is 1.62. The maximum Gasteiger partial charge on any atom is 0.338 e. The number of halogens is 1. The van der Waals surface area contributed by atoms with Gasteiger partial charge in [0, 0.05) is 5.92 Å². The van der Waals surface area contributed by atoms with E-state index in [9.17, 15) is 9.18 Å². The van der Waals surface area contributed by atoms with Gasteiger partial charge in [0.25, 0.3) is 0 Å². The molecule has 0 unspecified atom stereocenters. The SMILES string of the molecule is C=C[C@H](C(C)C)[C@@H](F)C(=O)O. The van der Waals surface area contributed by atoms with E-state index in [0.29, 0.717) is 0 Å². The van der Waals surface area contributed by atoms with E-state index in [-0.39, 0.29) is 5.92 Å². The molecule has 2 atom stereocenters. The fourth-order valence-corrected chi connectivity index (χ4v) is 0.894. The van der Waals surface area contributed by atoms with Gasteiger partial charge in [-0.3, -0.25) is 0 Å². The maximum absolute atomic E-state index is 12.8. The second kappa shape index (κ2) is 4.11. The van der Waals surface area contributed by atoms with E-state index in [2.05, 4.69) is 6.58 Å². The summed E-state index contributed by atoms with van der Waals surface area (Å²) in [5.74, 6) is -2.03. The number of carbonyl (C=O) groups is 1. The summed E-state index contributed by atoms with van der Waals surface area (Å²) in [4.78, 5) is 10.2. The van der Waals surface area contributed by atoms with Crippen LogP contribution in [-0.4, -0.2) is 17.2 Å². The second-order valence-corrected chi connectivity index (χ2v) is 2.80. The van der Waals surface area contributed by atoms with Crippen LogP contribution in [-0.2, 0) is 4.79 Å². The predicted octanol–water partition coefficient (Wildman–Crippen LogP) is 1.87. The zero-order valence-electron chi connectivity index (χ0n) is 6.75. The summed E-state index contributed by atoms with van der Waals surface area (Å²) in [5, 5.41) is 8.31. The number of alkyl halides is 1. The third-order valence-corrected chi connectivity index (χ3v) is 1.62. The first-order chi connectivity index (χ1) is 5.00. The molecule has 1 N–H and O–H groups in total. The first-order valence-electron chi connectivity index (χ1n) is 3.50. The molecule has 0 bridgehead atoms. The topological polar surface area (TPSA) is 37.3 Å². The molecule has 64 valence electrons. The number of rotatable bonds is 4. The van der Waals surface area contributed by atoms with Crippen LogP contribution >= 0.6 is 0 Å². The Morgan fingerprint density at radius 1 is 1.64 bits per heavy atom. The fourth-order valence-electron chi connectivity index (χ4n) is 0.894. The van der Waals surface area contributed by atoms with Crippen molar-refractivity contribution in [1.82, 2.24) is 0 Å². The van der Waals surface area contributed by atoms with Gasteiger partial charge in [-0.15, -0.1) is 6.58 Å². The van der Waals surface area contributed by atoms with Crippen LogP contribution in [0.25, 0.3) is 0 Å². The average Bonchev–Trinajstić information content (AvgIpc) is 1.88. The molecule has 0 amide bonds. The maximum atomic E-state index is 12.8. The molecule has 3 heteroatoms. The number of allylic oxidation sites excluding steroid dienone is 1. The molecule has 0 radical (unpaired) electrons. The highest BCUT2D eigenvalue weighted by Crippen LogP contribution is 2.19. The molecule has 0 aromatic rings. The van der Waals surface area contributed by atoms with E-state index in [1.165, 1.54) is 6.08 Å². The number of aliphatic carboxylic acids is 1. The van der Waals surface area contributed by atoms with Gasteiger partial charge in [-0.1, -0.05) is 19.9 Å². The first kappa shape index (κ1) is 10.1. The molecule has 0 aromatic carbocycles. The molecule has 0 heterocycles. The van der Waals surface area contributed by atoms with Crippen LogP contribution in [0.4, 0.5) is 4.39 Å². The zero-order chi connectivity index (χ0) is 9.02. The molecular formula is C8H13FO2. The second-order valence-electron chi connectivity index (χ2n) is 2.80. The van der Waals surface area contributed by atoms with Gasteiger partial charge in [0.05, 0.1) is 0 Å². The minimum Gasteiger partial charge on any atom is -0.479 e. The smallest absolute Gasteiger partial charge is 0.338 e. The van der Waals surface area contributed by atoms with E-state index < -0.39 is 18.1 Å². The first-order valence-corrected chi connectivity index (χ1v) is 3.50. The molecule has 0 aliphatic carbocycles. The van der Waals surface area contributed by atoms with Crippen LogP contribution in [0.15, 0.2) is 12.7 Å². The van der Waals surface area contributed by atoms with Gasteiger partial charge < -0.3 is 5.11 Å². The van der Waals surface area contributed by atoms with Crippen LogP contribution in [0.3, 0.4) is 0 Å². The minimum atomic E-state index is -1.83. The highest BCUT2D eigenvalue weighted by molar-refractivity contribution is 5.72. The molecule has 0 aliphatic heterocycles. The molecule has 0 rings (SSSR count). The van der Waals surface area contributed by atoms with E-state index in [1.54, 1.807) is 13.8 Å². The van der Waals surface area contributed by atoms with Gasteiger partial charge >= 0.3 is 5.97 Å². The van der Waals surface area contributed by atoms with Crippen molar-refractivity contribution in [2.75, 3.05) is 0 Å². The lowest BCUT2D eigenvalue weighted by atomic mass is 9.91. The van der Waals surface area contributed by atoms with E-state index >= 15 is 0 Å². The van der Waals surface area contributed by atoms with Crippen molar-refractivity contribution in [3.63, 3.8) is 0 Å². The van der Waals surface area contributed by atoms with Crippen molar-refractivity contribution in [3.8, 4) is 0 Å². The van der Waals surface area contributed by atoms with Gasteiger partial charge in [-0.25, -0.2) is 9.18 Å². The molecule has 0 saturated heterocycles. The lowest BCUT2D eigenvalue weighted by molar-refractivity contribution is -0.144. The number of carboxylic acids is 1. The third kappa shape index (κ3) is 2.70. The monoisotopic (exact) mass is 160 g/mol. The average molecular weight is 160 g/mol. The summed E-state index contributed by atoms with van der Waals surface area (Å²) in [5.41, 5.74) is 0. The van der Waals surface area contributed by atoms with Crippen LogP contribution in [0.2, 0.25) is 0 Å². The van der Waals surface area contributed by atoms with Crippen LogP contribution in [0.1, 0.15) is 13.8 Å². The summed E-state index contributed by atoms with van der Waals surface area (Å²) in [6, 6.07) is 0. The zero-order valence-corrected chi connectivity index (χ0v) is 6.75. The van der Waals surface area contributed by atoms with E-state index in [4.69, 9.17) is 5.11 Å². The molecule has 0 spiro atoms. The standard InChI is InChI=1S/C8H13FO2/c1-4-6(5(2)3)7(9)8(10)11/h4-7H,1H2,2-3H3,(H,10,11)/t6-,7-/m1/s1. The normalized spacial score (nSPS) is 16.0. The Kier molecular flexibility index (Phi) is 3.79. The largest absolute Gasteiger partial charge is 0.479 e. The van der Waals surface area contributed by atoms with Gasteiger partial charge in [-0.2, -0.15) is 0 Å². The van der Waals surface area contributed by atoms with Crippen molar-refractivity contribution >= 4 is 5.97 Å². The number of hydrogen-bond acceptors (Lipinski definition) is 1. The Labute approximate surface area is 65.7 Å². The fraction of sp³-hybridized carbons (Fsp3) is 0.625. The summed E-state index contributed by atoms with van der Waals surface area (Å²) in [6.07, 6.45) is -0.476. The molecule has 0 saturated carbocycles.